The number of benzene rings is 2. The molecule has 0 radical (unpaired) electrons. The summed E-state index contributed by atoms with van der Waals surface area (Å²) in [7, 11) is 0. The molecule has 5 nitrogen and oxygen atoms in total. The molecule has 0 aromatic heterocycles. The predicted octanol–water partition coefficient (Wildman–Crippen LogP) is 4.55. The third-order valence-corrected chi connectivity index (χ3v) is 4.38. The zero-order chi connectivity index (χ0) is 20.9. The molecule has 0 fully saturated rings. The minimum Gasteiger partial charge on any atom is -0.507 e. The number of phenolic OH excluding ortho intramolecular Hbond substituents is 1. The van der Waals surface area contributed by atoms with Crippen molar-refractivity contribution >= 4 is 17.8 Å². The molecule has 2 rings (SSSR count). The van der Waals surface area contributed by atoms with Gasteiger partial charge < -0.3 is 10.4 Å². The summed E-state index contributed by atoms with van der Waals surface area (Å²) in [6, 6.07) is 13.4. The fourth-order valence-corrected chi connectivity index (χ4v) is 2.83. The Morgan fingerprint density at radius 1 is 1.00 bits per heavy atom. The number of rotatable bonds is 5. The number of aromatic hydroxyl groups is 1. The molecule has 5 heteroatoms. The second kappa shape index (κ2) is 8.46. The van der Waals surface area contributed by atoms with Crippen LogP contribution in [0.4, 0.5) is 5.69 Å². The van der Waals surface area contributed by atoms with Crippen LogP contribution in [-0.4, -0.2) is 23.8 Å². The van der Waals surface area contributed by atoms with E-state index in [0.29, 0.717) is 5.75 Å². The quantitative estimate of drug-likeness (QED) is 0.525. The highest BCUT2D eigenvalue weighted by molar-refractivity contribution is 5.85. The molecule has 0 saturated heterocycles. The summed E-state index contributed by atoms with van der Waals surface area (Å²) >= 11 is 0. The monoisotopic (exact) mass is 381 g/mol. The molecule has 28 heavy (non-hydrogen) atoms. The van der Waals surface area contributed by atoms with Gasteiger partial charge in [-0.25, -0.2) is 5.43 Å². The Labute approximate surface area is 167 Å². The average molecular weight is 382 g/mol. The van der Waals surface area contributed by atoms with Crippen LogP contribution < -0.4 is 10.7 Å². The zero-order valence-corrected chi connectivity index (χ0v) is 17.6. The summed E-state index contributed by atoms with van der Waals surface area (Å²) in [4.78, 5) is 12.0. The van der Waals surface area contributed by atoms with E-state index in [1.165, 1.54) is 0 Å². The average Bonchev–Trinajstić information content (AvgIpc) is 2.60. The minimum absolute atomic E-state index is 0.136. The van der Waals surface area contributed by atoms with E-state index in [1.807, 2.05) is 42.5 Å². The minimum atomic E-state index is -0.231. The second-order valence-corrected chi connectivity index (χ2v) is 8.98. The highest BCUT2D eigenvalue weighted by Gasteiger charge is 2.26. The van der Waals surface area contributed by atoms with Crippen LogP contribution in [0.1, 0.15) is 58.2 Å². The second-order valence-electron chi connectivity index (χ2n) is 8.98. The molecule has 2 aromatic carbocycles. The van der Waals surface area contributed by atoms with Gasteiger partial charge in [0.15, 0.2) is 0 Å². The maximum Gasteiger partial charge on any atom is 0.259 e. The smallest absolute Gasteiger partial charge is 0.259 e. The molecule has 0 aliphatic heterocycles. The third kappa shape index (κ3) is 5.84. The van der Waals surface area contributed by atoms with Crippen LogP contribution in [0.15, 0.2) is 47.6 Å². The van der Waals surface area contributed by atoms with Gasteiger partial charge in [0.1, 0.15) is 5.75 Å². The number of anilines is 1. The number of phenols is 1. The number of nitrogens with one attached hydrogen (secondary N) is 2. The first-order valence-corrected chi connectivity index (χ1v) is 9.47. The van der Waals surface area contributed by atoms with Gasteiger partial charge in [-0.05, 0) is 40.7 Å². The van der Waals surface area contributed by atoms with E-state index >= 15 is 0 Å². The van der Waals surface area contributed by atoms with Crippen molar-refractivity contribution in [3.63, 3.8) is 0 Å². The van der Waals surface area contributed by atoms with Gasteiger partial charge in [-0.15, -0.1) is 0 Å². The van der Waals surface area contributed by atoms with Gasteiger partial charge >= 0.3 is 0 Å². The van der Waals surface area contributed by atoms with Gasteiger partial charge in [-0.3, -0.25) is 4.79 Å². The van der Waals surface area contributed by atoms with Gasteiger partial charge in [0.05, 0.1) is 12.8 Å². The standard InChI is InChI=1S/C23H31N3O2/c1-22(2,3)18-12-16(13-19(21(18)28)23(4,5)6)14-25-26-20(27)15-24-17-10-8-7-9-11-17/h7-14,24,28H,15H2,1-6H3,(H,26,27)/b25-14+. The van der Waals surface area contributed by atoms with Crippen molar-refractivity contribution in [2.75, 3.05) is 11.9 Å². The molecular weight excluding hydrogens is 350 g/mol. The van der Waals surface area contributed by atoms with Crippen molar-refractivity contribution in [3.05, 3.63) is 59.2 Å². The molecule has 0 unspecified atom stereocenters. The van der Waals surface area contributed by atoms with E-state index in [2.05, 4.69) is 57.4 Å². The Morgan fingerprint density at radius 2 is 1.54 bits per heavy atom. The van der Waals surface area contributed by atoms with Gasteiger partial charge in [0, 0.05) is 16.8 Å². The number of hydrazone groups is 1. The van der Waals surface area contributed by atoms with Gasteiger partial charge in [0.2, 0.25) is 0 Å². The number of carbonyl (C=O) groups excluding carboxylic acids is 1. The molecule has 0 aliphatic carbocycles. The Hall–Kier alpha value is -2.82. The molecule has 0 heterocycles. The Bertz CT molecular complexity index is 809. The highest BCUT2D eigenvalue weighted by Crippen LogP contribution is 2.39. The summed E-state index contributed by atoms with van der Waals surface area (Å²) in [5, 5.41) is 17.9. The fraction of sp³-hybridized carbons (Fsp3) is 0.391. The topological polar surface area (TPSA) is 73.7 Å². The lowest BCUT2D eigenvalue weighted by molar-refractivity contribution is -0.119. The highest BCUT2D eigenvalue weighted by atomic mass is 16.3. The Kier molecular flexibility index (Phi) is 6.49. The van der Waals surface area contributed by atoms with Gasteiger partial charge in [-0.1, -0.05) is 59.7 Å². The maximum absolute atomic E-state index is 12.0. The van der Waals surface area contributed by atoms with Crippen molar-refractivity contribution in [1.82, 2.24) is 5.43 Å². The van der Waals surface area contributed by atoms with E-state index in [0.717, 1.165) is 22.4 Å². The van der Waals surface area contributed by atoms with Crippen molar-refractivity contribution < 1.29 is 9.90 Å². The zero-order valence-electron chi connectivity index (χ0n) is 17.6. The molecular formula is C23H31N3O2. The fourth-order valence-electron chi connectivity index (χ4n) is 2.83. The summed E-state index contributed by atoms with van der Waals surface area (Å²) in [6.07, 6.45) is 1.62. The summed E-state index contributed by atoms with van der Waals surface area (Å²) < 4.78 is 0. The SMILES string of the molecule is CC(C)(C)c1cc(/C=N/NC(=O)CNc2ccccc2)cc(C(C)(C)C)c1O. The largest absolute Gasteiger partial charge is 0.507 e. The number of nitrogens with zero attached hydrogens (tertiary/aromatic N) is 1. The third-order valence-electron chi connectivity index (χ3n) is 4.38. The molecule has 1 amide bonds. The summed E-state index contributed by atoms with van der Waals surface area (Å²) in [5.41, 5.74) is 5.55. The molecule has 0 atom stereocenters. The first-order valence-electron chi connectivity index (χ1n) is 9.47. The Morgan fingerprint density at radius 3 is 2.04 bits per heavy atom. The van der Waals surface area contributed by atoms with Crippen molar-refractivity contribution in [2.24, 2.45) is 5.10 Å². The number of para-hydroxylation sites is 1. The lowest BCUT2D eigenvalue weighted by atomic mass is 9.78. The van der Waals surface area contributed by atoms with E-state index in [9.17, 15) is 9.90 Å². The number of hydrogen-bond acceptors (Lipinski definition) is 4. The first kappa shape index (κ1) is 21.5. The van der Waals surface area contributed by atoms with Crippen LogP contribution in [0.25, 0.3) is 0 Å². The van der Waals surface area contributed by atoms with Crippen LogP contribution >= 0.6 is 0 Å². The predicted molar refractivity (Wildman–Crippen MR) is 116 cm³/mol. The maximum atomic E-state index is 12.0. The van der Waals surface area contributed by atoms with Crippen molar-refractivity contribution in [2.45, 2.75) is 52.4 Å². The van der Waals surface area contributed by atoms with Crippen LogP contribution in [-0.2, 0) is 15.6 Å². The number of carbonyl (C=O) groups is 1. The number of amides is 1. The summed E-state index contributed by atoms with van der Waals surface area (Å²) in [6.45, 7) is 12.5. The van der Waals surface area contributed by atoms with Crippen molar-refractivity contribution in [3.8, 4) is 5.75 Å². The Balaban J connectivity index is 2.13. The first-order chi connectivity index (χ1) is 13.0. The van der Waals surface area contributed by atoms with E-state index in [4.69, 9.17) is 0 Å². The van der Waals surface area contributed by atoms with Crippen LogP contribution in [0.2, 0.25) is 0 Å². The normalized spacial score (nSPS) is 12.2. The molecule has 3 N–H and O–H groups in total. The summed E-state index contributed by atoms with van der Waals surface area (Å²) in [5.74, 6) is 0.0965. The van der Waals surface area contributed by atoms with Gasteiger partial charge in [0.25, 0.3) is 5.91 Å². The van der Waals surface area contributed by atoms with Gasteiger partial charge in [-0.2, -0.15) is 5.10 Å². The van der Waals surface area contributed by atoms with E-state index in [-0.39, 0.29) is 23.3 Å². The van der Waals surface area contributed by atoms with Crippen LogP contribution in [0.5, 0.6) is 5.75 Å². The molecule has 150 valence electrons. The lowest BCUT2D eigenvalue weighted by Crippen LogP contribution is -2.25. The van der Waals surface area contributed by atoms with E-state index in [1.54, 1.807) is 6.21 Å². The van der Waals surface area contributed by atoms with Crippen LogP contribution in [0, 0.1) is 0 Å². The molecule has 0 bridgehead atoms. The lowest BCUT2D eigenvalue weighted by Gasteiger charge is -2.27. The van der Waals surface area contributed by atoms with Crippen LogP contribution in [0.3, 0.4) is 0 Å². The molecule has 0 aliphatic rings. The number of hydrogen-bond donors (Lipinski definition) is 3. The molecule has 0 spiro atoms. The van der Waals surface area contributed by atoms with E-state index < -0.39 is 0 Å². The molecule has 2 aromatic rings. The van der Waals surface area contributed by atoms with Crippen molar-refractivity contribution in [1.29, 1.82) is 0 Å². The molecule has 0 saturated carbocycles.